The number of fused-ring (bicyclic) bond motifs is 1. The second-order valence-electron chi connectivity index (χ2n) is 7.76. The van der Waals surface area contributed by atoms with Crippen LogP contribution in [0.2, 0.25) is 0 Å². The Hall–Kier alpha value is -3.47. The number of aromatic nitrogens is 3. The maximum absolute atomic E-state index is 12.9. The number of hydrogen-bond donors (Lipinski definition) is 2. The number of aryl methyl sites for hydroxylation is 1. The highest BCUT2D eigenvalue weighted by atomic mass is 19.4. The van der Waals surface area contributed by atoms with Crippen molar-refractivity contribution in [2.75, 3.05) is 12.4 Å². The molecule has 3 heterocycles. The van der Waals surface area contributed by atoms with E-state index in [4.69, 9.17) is 4.74 Å². The summed E-state index contributed by atoms with van der Waals surface area (Å²) in [6.45, 7) is 3.35. The number of nitrogens with one attached hydrogen (secondary N) is 1. The Morgan fingerprint density at radius 2 is 1.91 bits per heavy atom. The van der Waals surface area contributed by atoms with Crippen LogP contribution in [0.3, 0.4) is 0 Å². The summed E-state index contributed by atoms with van der Waals surface area (Å²) in [5.41, 5.74) is -1.53. The Kier molecular flexibility index (Phi) is 6.22. The van der Waals surface area contributed by atoms with Crippen molar-refractivity contribution in [2.45, 2.75) is 38.5 Å². The van der Waals surface area contributed by atoms with E-state index in [9.17, 15) is 27.9 Å². The van der Waals surface area contributed by atoms with Crippen molar-refractivity contribution in [3.05, 3.63) is 59.3 Å². The molecular formula is C21H21F3N4O4. The summed E-state index contributed by atoms with van der Waals surface area (Å²) in [6, 6.07) is 4.35. The van der Waals surface area contributed by atoms with Gasteiger partial charge in [-0.1, -0.05) is 6.07 Å². The van der Waals surface area contributed by atoms with Crippen LogP contribution in [0.25, 0.3) is 5.65 Å². The number of imidazole rings is 1. The van der Waals surface area contributed by atoms with Gasteiger partial charge in [-0.15, -0.1) is 0 Å². The number of pyridine rings is 2. The largest absolute Gasteiger partial charge is 0.465 e. The number of ether oxygens (including phenoxy) is 1. The second-order valence-corrected chi connectivity index (χ2v) is 7.76. The van der Waals surface area contributed by atoms with Crippen LogP contribution in [0.4, 0.5) is 18.9 Å². The minimum atomic E-state index is -4.71. The predicted molar refractivity (Wildman–Crippen MR) is 108 cm³/mol. The van der Waals surface area contributed by atoms with E-state index in [-0.39, 0.29) is 11.3 Å². The van der Waals surface area contributed by atoms with Crippen LogP contribution in [0, 0.1) is 0 Å². The minimum Gasteiger partial charge on any atom is -0.465 e. The number of anilines is 1. The molecule has 11 heteroatoms. The first-order valence-corrected chi connectivity index (χ1v) is 9.55. The van der Waals surface area contributed by atoms with Crippen molar-refractivity contribution in [3.8, 4) is 0 Å². The van der Waals surface area contributed by atoms with Gasteiger partial charge in [0.15, 0.2) is 0 Å². The molecule has 0 aliphatic rings. The van der Waals surface area contributed by atoms with Crippen molar-refractivity contribution < 1.29 is 32.6 Å². The van der Waals surface area contributed by atoms with Crippen molar-refractivity contribution >= 4 is 23.2 Å². The van der Waals surface area contributed by atoms with E-state index in [1.807, 2.05) is 0 Å². The number of amides is 1. The molecule has 0 spiro atoms. The highest BCUT2D eigenvalue weighted by molar-refractivity contribution is 6.07. The number of halogens is 3. The molecule has 3 aromatic rings. The summed E-state index contributed by atoms with van der Waals surface area (Å²) in [4.78, 5) is 32.6. The molecule has 0 saturated heterocycles. The molecule has 1 amide bonds. The lowest BCUT2D eigenvalue weighted by atomic mass is 10.0. The van der Waals surface area contributed by atoms with E-state index >= 15 is 0 Å². The Bertz CT molecular complexity index is 1170. The van der Waals surface area contributed by atoms with Gasteiger partial charge in [0.25, 0.3) is 5.91 Å². The molecule has 0 bridgehead atoms. The van der Waals surface area contributed by atoms with Crippen molar-refractivity contribution in [2.24, 2.45) is 0 Å². The van der Waals surface area contributed by atoms with E-state index in [1.54, 1.807) is 24.4 Å². The van der Waals surface area contributed by atoms with Gasteiger partial charge in [0.05, 0.1) is 29.7 Å². The molecule has 32 heavy (non-hydrogen) atoms. The Balaban J connectivity index is 1.95. The summed E-state index contributed by atoms with van der Waals surface area (Å²) in [5.74, 6) is -1.69. The molecule has 0 unspecified atom stereocenters. The van der Waals surface area contributed by atoms with Crippen molar-refractivity contribution in [1.29, 1.82) is 0 Å². The lowest BCUT2D eigenvalue weighted by Gasteiger charge is -2.15. The van der Waals surface area contributed by atoms with Crippen LogP contribution < -0.4 is 5.32 Å². The Morgan fingerprint density at radius 3 is 2.53 bits per heavy atom. The SMILES string of the molecule is COC(=O)c1cc2nc(CCC(C)(C)O)cn2cc1NC(=O)c1cccc(C(F)(F)F)n1. The first-order chi connectivity index (χ1) is 14.9. The topological polar surface area (TPSA) is 106 Å². The van der Waals surface area contributed by atoms with E-state index in [1.165, 1.54) is 12.3 Å². The van der Waals surface area contributed by atoms with Gasteiger partial charge in [-0.25, -0.2) is 14.8 Å². The third kappa shape index (κ3) is 5.41. The van der Waals surface area contributed by atoms with E-state index < -0.39 is 35.0 Å². The fourth-order valence-corrected chi connectivity index (χ4v) is 2.92. The molecule has 0 saturated carbocycles. The molecule has 0 atom stereocenters. The molecule has 3 rings (SSSR count). The third-order valence-corrected chi connectivity index (χ3v) is 4.56. The zero-order valence-electron chi connectivity index (χ0n) is 17.5. The van der Waals surface area contributed by atoms with E-state index in [0.717, 1.165) is 25.3 Å². The molecule has 0 aromatic carbocycles. The van der Waals surface area contributed by atoms with Crippen molar-refractivity contribution in [1.82, 2.24) is 14.4 Å². The second kappa shape index (κ2) is 8.58. The third-order valence-electron chi connectivity index (χ3n) is 4.56. The summed E-state index contributed by atoms with van der Waals surface area (Å²) >= 11 is 0. The predicted octanol–water partition coefficient (Wildman–Crippen LogP) is 3.49. The zero-order valence-corrected chi connectivity index (χ0v) is 17.5. The summed E-state index contributed by atoms with van der Waals surface area (Å²) in [7, 11) is 1.16. The Morgan fingerprint density at radius 1 is 1.19 bits per heavy atom. The first kappa shape index (κ1) is 23.2. The van der Waals surface area contributed by atoms with Crippen LogP contribution in [0.1, 0.15) is 52.5 Å². The molecular weight excluding hydrogens is 429 g/mol. The quantitative estimate of drug-likeness (QED) is 0.557. The lowest BCUT2D eigenvalue weighted by Crippen LogP contribution is -2.19. The highest BCUT2D eigenvalue weighted by Crippen LogP contribution is 2.28. The first-order valence-electron chi connectivity index (χ1n) is 9.55. The molecule has 0 aliphatic carbocycles. The van der Waals surface area contributed by atoms with Crippen LogP contribution in [0.5, 0.6) is 0 Å². The monoisotopic (exact) mass is 450 g/mol. The number of hydrogen-bond acceptors (Lipinski definition) is 6. The zero-order chi connectivity index (χ0) is 23.7. The van der Waals surface area contributed by atoms with Crippen molar-refractivity contribution in [3.63, 3.8) is 0 Å². The van der Waals surface area contributed by atoms with Crippen LogP contribution >= 0.6 is 0 Å². The normalized spacial score (nSPS) is 12.1. The van der Waals surface area contributed by atoms with E-state index in [2.05, 4.69) is 15.3 Å². The van der Waals surface area contributed by atoms with Gasteiger partial charge in [-0.3, -0.25) is 4.79 Å². The van der Waals surface area contributed by atoms with Gasteiger partial charge in [-0.2, -0.15) is 13.2 Å². The maximum atomic E-state index is 12.9. The maximum Gasteiger partial charge on any atom is 0.433 e. The van der Waals surface area contributed by atoms with Gasteiger partial charge in [-0.05, 0) is 44.9 Å². The number of aliphatic hydroxyl groups is 1. The minimum absolute atomic E-state index is 0.0139. The van der Waals surface area contributed by atoms with E-state index in [0.29, 0.717) is 24.2 Å². The summed E-state index contributed by atoms with van der Waals surface area (Å²) in [5, 5.41) is 12.3. The number of carbonyl (C=O) groups excluding carboxylic acids is 2. The van der Waals surface area contributed by atoms with Gasteiger partial charge >= 0.3 is 12.1 Å². The Labute approximate surface area is 181 Å². The number of alkyl halides is 3. The number of carbonyl (C=O) groups is 2. The fraction of sp³-hybridized carbons (Fsp3) is 0.333. The molecule has 2 N–H and O–H groups in total. The highest BCUT2D eigenvalue weighted by Gasteiger charge is 2.33. The molecule has 170 valence electrons. The van der Waals surface area contributed by atoms with Crippen LogP contribution in [-0.4, -0.2) is 44.1 Å². The van der Waals surface area contributed by atoms with Gasteiger partial charge in [0.2, 0.25) is 0 Å². The van der Waals surface area contributed by atoms with Gasteiger partial charge in [0.1, 0.15) is 17.0 Å². The molecule has 0 radical (unpaired) electrons. The van der Waals surface area contributed by atoms with Gasteiger partial charge in [0, 0.05) is 12.4 Å². The average Bonchev–Trinajstić information content (AvgIpc) is 3.12. The molecule has 8 nitrogen and oxygen atoms in total. The molecule has 0 fully saturated rings. The lowest BCUT2D eigenvalue weighted by molar-refractivity contribution is -0.141. The standard InChI is InChI=1S/C21H21F3N4O4/c1-20(2,31)8-7-12-10-28-11-15(13(19(30)32-3)9-17(28)25-12)27-18(29)14-5-4-6-16(26-14)21(22,23)24/h4-6,9-11,31H,7-8H2,1-3H3,(H,27,29). The number of nitrogens with zero attached hydrogens (tertiary/aromatic N) is 3. The summed E-state index contributed by atoms with van der Waals surface area (Å²) in [6.07, 6.45) is -0.711. The summed E-state index contributed by atoms with van der Waals surface area (Å²) < 4.78 is 45.0. The molecule has 0 aliphatic heterocycles. The number of esters is 1. The van der Waals surface area contributed by atoms with Crippen LogP contribution in [-0.2, 0) is 17.3 Å². The van der Waals surface area contributed by atoms with Gasteiger partial charge < -0.3 is 19.6 Å². The average molecular weight is 450 g/mol. The van der Waals surface area contributed by atoms with Crippen LogP contribution in [0.15, 0.2) is 36.7 Å². The molecule has 3 aromatic heterocycles. The fourth-order valence-electron chi connectivity index (χ4n) is 2.92. The smallest absolute Gasteiger partial charge is 0.433 e. The number of methoxy groups -OCH3 is 1. The number of rotatable bonds is 6.